The van der Waals surface area contributed by atoms with Gasteiger partial charge in [-0.2, -0.15) is 13.2 Å². The average molecular weight is 241 g/mol. The molecule has 0 amide bonds. The van der Waals surface area contributed by atoms with Crippen LogP contribution in [0.2, 0.25) is 5.02 Å². The van der Waals surface area contributed by atoms with Gasteiger partial charge in [0.15, 0.2) is 0 Å². The van der Waals surface area contributed by atoms with E-state index in [1.807, 2.05) is 0 Å². The number of hydrogen-bond donors (Lipinski definition) is 0. The molecule has 0 bridgehead atoms. The van der Waals surface area contributed by atoms with Crippen molar-refractivity contribution in [3.63, 3.8) is 0 Å². The van der Waals surface area contributed by atoms with E-state index in [1.165, 1.54) is 6.07 Å². The van der Waals surface area contributed by atoms with Crippen molar-refractivity contribution in [1.29, 1.82) is 0 Å². The summed E-state index contributed by atoms with van der Waals surface area (Å²) < 4.78 is 37.4. The molecule has 78 valence electrons. The molecule has 0 radical (unpaired) electrons. The number of thioether (sulfide) groups is 1. The van der Waals surface area contributed by atoms with Gasteiger partial charge in [-0.25, -0.2) is 0 Å². The topological polar surface area (TPSA) is 0 Å². The predicted octanol–water partition coefficient (Wildman–Crippen LogP) is 4.39. The second kappa shape index (κ2) is 4.03. The minimum atomic E-state index is -4.34. The van der Waals surface area contributed by atoms with Crippen molar-refractivity contribution >= 4 is 23.4 Å². The van der Waals surface area contributed by atoms with Gasteiger partial charge in [0.25, 0.3) is 0 Å². The lowest BCUT2D eigenvalue weighted by atomic mass is 10.1. The van der Waals surface area contributed by atoms with Crippen molar-refractivity contribution in [2.45, 2.75) is 18.0 Å². The molecule has 1 aromatic carbocycles. The lowest BCUT2D eigenvalue weighted by molar-refractivity contribution is -0.139. The first-order valence-electron chi connectivity index (χ1n) is 3.78. The van der Waals surface area contributed by atoms with E-state index in [-0.39, 0.29) is 9.92 Å². The molecule has 0 fully saturated rings. The molecule has 14 heavy (non-hydrogen) atoms. The van der Waals surface area contributed by atoms with Crippen LogP contribution in [0.3, 0.4) is 0 Å². The second-order valence-electron chi connectivity index (χ2n) is 2.78. The zero-order valence-corrected chi connectivity index (χ0v) is 9.15. The van der Waals surface area contributed by atoms with Gasteiger partial charge in [-0.3, -0.25) is 0 Å². The monoisotopic (exact) mass is 240 g/mol. The number of halogens is 4. The van der Waals surface area contributed by atoms with Gasteiger partial charge in [-0.1, -0.05) is 17.7 Å². The number of benzene rings is 1. The summed E-state index contributed by atoms with van der Waals surface area (Å²) in [5, 5.41) is 0.187. The van der Waals surface area contributed by atoms with Crippen LogP contribution < -0.4 is 0 Å². The molecule has 0 spiro atoms. The Kier molecular flexibility index (Phi) is 3.37. The van der Waals surface area contributed by atoms with Crippen molar-refractivity contribution in [2.24, 2.45) is 0 Å². The first-order valence-corrected chi connectivity index (χ1v) is 5.38. The van der Waals surface area contributed by atoms with Crippen LogP contribution in [0.25, 0.3) is 0 Å². The molecule has 0 saturated carbocycles. The second-order valence-corrected chi connectivity index (χ2v) is 3.97. The Bertz CT molecular complexity index is 347. The maximum atomic E-state index is 12.5. The highest BCUT2D eigenvalue weighted by molar-refractivity contribution is 7.98. The zero-order chi connectivity index (χ0) is 10.9. The molecule has 1 rings (SSSR count). The molecular formula is C9H8ClF3S. The Labute approximate surface area is 89.4 Å². The van der Waals surface area contributed by atoms with Crippen LogP contribution in [-0.4, -0.2) is 6.26 Å². The van der Waals surface area contributed by atoms with E-state index in [0.717, 1.165) is 17.8 Å². The third-order valence-corrected chi connectivity index (χ3v) is 3.23. The first-order chi connectivity index (χ1) is 6.38. The van der Waals surface area contributed by atoms with Crippen molar-refractivity contribution in [2.75, 3.05) is 6.26 Å². The Hall–Kier alpha value is -0.350. The van der Waals surface area contributed by atoms with Gasteiger partial charge < -0.3 is 0 Å². The Morgan fingerprint density at radius 1 is 1.29 bits per heavy atom. The van der Waals surface area contributed by atoms with Gasteiger partial charge in [0, 0.05) is 4.90 Å². The Morgan fingerprint density at radius 3 is 2.29 bits per heavy atom. The number of hydrogen-bond acceptors (Lipinski definition) is 1. The Morgan fingerprint density at radius 2 is 1.86 bits per heavy atom. The normalized spacial score (nSPS) is 11.9. The zero-order valence-electron chi connectivity index (χ0n) is 7.57. The maximum absolute atomic E-state index is 12.5. The smallest absolute Gasteiger partial charge is 0.166 e. The summed E-state index contributed by atoms with van der Waals surface area (Å²) in [6.07, 6.45) is -2.76. The molecule has 5 heteroatoms. The average Bonchev–Trinajstić information content (AvgIpc) is 2.07. The van der Waals surface area contributed by atoms with Crippen LogP contribution >= 0.6 is 23.4 Å². The van der Waals surface area contributed by atoms with E-state index >= 15 is 0 Å². The van der Waals surface area contributed by atoms with Crippen molar-refractivity contribution in [3.05, 3.63) is 28.3 Å². The van der Waals surface area contributed by atoms with Crippen LogP contribution in [0.1, 0.15) is 11.1 Å². The van der Waals surface area contributed by atoms with Crippen LogP contribution in [0.4, 0.5) is 13.2 Å². The van der Waals surface area contributed by atoms with Crippen molar-refractivity contribution in [1.82, 2.24) is 0 Å². The third kappa shape index (κ3) is 2.17. The number of rotatable bonds is 1. The summed E-state index contributed by atoms with van der Waals surface area (Å²) in [6, 6.07) is 2.44. The molecule has 0 N–H and O–H groups in total. The van der Waals surface area contributed by atoms with E-state index < -0.39 is 11.7 Å². The summed E-state index contributed by atoms with van der Waals surface area (Å²) in [4.78, 5) is 0.0965. The van der Waals surface area contributed by atoms with Gasteiger partial charge >= 0.3 is 6.18 Å². The van der Waals surface area contributed by atoms with Crippen molar-refractivity contribution < 1.29 is 13.2 Å². The van der Waals surface area contributed by atoms with Gasteiger partial charge in [0.05, 0.1) is 10.6 Å². The number of aryl methyl sites for hydroxylation is 1. The molecule has 0 unspecified atom stereocenters. The van der Waals surface area contributed by atoms with E-state index in [4.69, 9.17) is 11.6 Å². The minimum Gasteiger partial charge on any atom is -0.166 e. The quantitative estimate of drug-likeness (QED) is 0.656. The largest absolute Gasteiger partial charge is 0.417 e. The molecule has 0 atom stereocenters. The van der Waals surface area contributed by atoms with E-state index in [1.54, 1.807) is 13.2 Å². The van der Waals surface area contributed by atoms with Crippen molar-refractivity contribution in [3.8, 4) is 0 Å². The van der Waals surface area contributed by atoms with Crippen LogP contribution in [0.15, 0.2) is 17.0 Å². The molecule has 0 aromatic heterocycles. The standard InChI is InChI=1S/C9H8ClF3S/c1-5-3-4-6(9(11,12)13)8(14-2)7(5)10/h3-4H,1-2H3. The van der Waals surface area contributed by atoms with E-state index in [2.05, 4.69) is 0 Å². The van der Waals surface area contributed by atoms with E-state index in [0.29, 0.717) is 5.56 Å². The molecule has 1 aromatic rings. The number of alkyl halides is 3. The Balaban J connectivity index is 3.39. The predicted molar refractivity (Wildman–Crippen MR) is 53.0 cm³/mol. The van der Waals surface area contributed by atoms with Gasteiger partial charge in [0.2, 0.25) is 0 Å². The molecule has 0 saturated heterocycles. The van der Waals surface area contributed by atoms with Crippen LogP contribution in [0.5, 0.6) is 0 Å². The fourth-order valence-corrected chi connectivity index (χ4v) is 2.22. The summed E-state index contributed by atoms with van der Waals surface area (Å²) in [5.41, 5.74) is -0.00961. The third-order valence-electron chi connectivity index (χ3n) is 1.80. The summed E-state index contributed by atoms with van der Waals surface area (Å²) >= 11 is 6.79. The SMILES string of the molecule is CSc1c(C(F)(F)F)ccc(C)c1Cl. The van der Waals surface area contributed by atoms with E-state index in [9.17, 15) is 13.2 Å². The molecule has 0 aliphatic carbocycles. The van der Waals surface area contributed by atoms with Gasteiger partial charge in [-0.15, -0.1) is 11.8 Å². The lowest BCUT2D eigenvalue weighted by Crippen LogP contribution is -2.07. The van der Waals surface area contributed by atoms with Crippen LogP contribution in [-0.2, 0) is 6.18 Å². The highest BCUT2D eigenvalue weighted by atomic mass is 35.5. The summed E-state index contributed by atoms with van der Waals surface area (Å²) in [5.74, 6) is 0. The summed E-state index contributed by atoms with van der Waals surface area (Å²) in [6.45, 7) is 1.68. The molecule has 0 nitrogen and oxygen atoms in total. The first kappa shape index (κ1) is 11.7. The molecule has 0 aliphatic heterocycles. The maximum Gasteiger partial charge on any atom is 0.417 e. The molecular weight excluding hydrogens is 233 g/mol. The summed E-state index contributed by atoms with van der Waals surface area (Å²) in [7, 11) is 0. The highest BCUT2D eigenvalue weighted by Gasteiger charge is 2.34. The minimum absolute atomic E-state index is 0.0965. The van der Waals surface area contributed by atoms with Gasteiger partial charge in [0.1, 0.15) is 0 Å². The molecule has 0 aliphatic rings. The lowest BCUT2D eigenvalue weighted by Gasteiger charge is -2.13. The fraction of sp³-hybridized carbons (Fsp3) is 0.333. The van der Waals surface area contributed by atoms with Crippen LogP contribution in [0, 0.1) is 6.92 Å². The molecule has 0 heterocycles. The fourth-order valence-electron chi connectivity index (χ4n) is 1.08. The highest BCUT2D eigenvalue weighted by Crippen LogP contribution is 2.40. The van der Waals surface area contributed by atoms with Gasteiger partial charge in [-0.05, 0) is 24.8 Å².